The number of hydrogen-bond acceptors (Lipinski definition) is 3. The number of carbonyl (C=O) groups is 2. The van der Waals surface area contributed by atoms with Crippen molar-refractivity contribution in [1.29, 1.82) is 0 Å². The van der Waals surface area contributed by atoms with Gasteiger partial charge in [-0.15, -0.1) is 0 Å². The van der Waals surface area contributed by atoms with Gasteiger partial charge in [-0.05, 0) is 37.1 Å². The van der Waals surface area contributed by atoms with Gasteiger partial charge in [0.25, 0.3) is 5.91 Å². The molecule has 0 bridgehead atoms. The van der Waals surface area contributed by atoms with Crippen LogP contribution in [0.1, 0.15) is 36.0 Å². The van der Waals surface area contributed by atoms with Crippen molar-refractivity contribution in [3.05, 3.63) is 34.3 Å². The van der Waals surface area contributed by atoms with Crippen LogP contribution in [0, 0.1) is 0 Å². The molecule has 19 heavy (non-hydrogen) atoms. The summed E-state index contributed by atoms with van der Waals surface area (Å²) in [4.78, 5) is 22.6. The van der Waals surface area contributed by atoms with E-state index in [1.807, 2.05) is 12.1 Å². The van der Waals surface area contributed by atoms with Gasteiger partial charge < -0.3 is 10.4 Å². The summed E-state index contributed by atoms with van der Waals surface area (Å²) in [5.41, 5.74) is 0.638. The molecule has 1 rings (SSSR count). The Bertz CT molecular complexity index is 417. The van der Waals surface area contributed by atoms with Gasteiger partial charge in [-0.1, -0.05) is 22.4 Å². The second-order valence-electron chi connectivity index (χ2n) is 4.27. The number of ketones is 1. The second-order valence-corrected chi connectivity index (χ2v) is 5.19. The minimum atomic E-state index is -0.375. The van der Waals surface area contributed by atoms with Crippen molar-refractivity contribution in [2.24, 2.45) is 0 Å². The molecule has 0 aliphatic carbocycles. The van der Waals surface area contributed by atoms with Crippen molar-refractivity contribution in [2.75, 3.05) is 13.2 Å². The van der Waals surface area contributed by atoms with Crippen molar-refractivity contribution in [2.45, 2.75) is 25.7 Å². The molecule has 5 heteroatoms. The Balaban J connectivity index is 2.14. The molecule has 0 aliphatic heterocycles. The van der Waals surface area contributed by atoms with E-state index in [0.29, 0.717) is 18.5 Å². The Morgan fingerprint density at radius 2 is 1.79 bits per heavy atom. The monoisotopic (exact) mass is 327 g/mol. The summed E-state index contributed by atoms with van der Waals surface area (Å²) in [6, 6.07) is 7.18. The molecule has 1 amide bonds. The van der Waals surface area contributed by atoms with Crippen molar-refractivity contribution in [1.82, 2.24) is 5.32 Å². The van der Waals surface area contributed by atoms with Gasteiger partial charge in [0.1, 0.15) is 6.61 Å². The highest BCUT2D eigenvalue weighted by Crippen LogP contribution is 2.10. The lowest BCUT2D eigenvalue weighted by Crippen LogP contribution is -2.24. The molecule has 0 saturated heterocycles. The molecule has 1 aromatic rings. The van der Waals surface area contributed by atoms with Gasteiger partial charge in [0, 0.05) is 23.0 Å². The Hall–Kier alpha value is -1.20. The molecule has 0 fully saturated rings. The summed E-state index contributed by atoms with van der Waals surface area (Å²) in [7, 11) is 0. The molecular formula is C14H18BrNO3. The fourth-order valence-corrected chi connectivity index (χ4v) is 1.87. The zero-order valence-electron chi connectivity index (χ0n) is 10.7. The number of halogens is 1. The van der Waals surface area contributed by atoms with E-state index in [4.69, 9.17) is 5.11 Å². The van der Waals surface area contributed by atoms with Crippen molar-refractivity contribution in [3.63, 3.8) is 0 Å². The SMILES string of the molecule is O=C(CO)CCCCCNC(=O)c1ccc(Br)cc1. The van der Waals surface area contributed by atoms with Crippen LogP contribution < -0.4 is 5.32 Å². The topological polar surface area (TPSA) is 66.4 Å². The first-order valence-electron chi connectivity index (χ1n) is 6.30. The summed E-state index contributed by atoms with van der Waals surface area (Å²) in [5.74, 6) is -0.210. The number of aliphatic hydroxyl groups excluding tert-OH is 1. The van der Waals surface area contributed by atoms with Crippen molar-refractivity contribution < 1.29 is 14.7 Å². The first-order valence-corrected chi connectivity index (χ1v) is 7.09. The molecule has 0 aromatic heterocycles. The third kappa shape index (κ3) is 6.50. The lowest BCUT2D eigenvalue weighted by atomic mass is 10.1. The third-order valence-electron chi connectivity index (χ3n) is 2.70. The largest absolute Gasteiger partial charge is 0.389 e. The van der Waals surface area contributed by atoms with Crippen molar-refractivity contribution in [3.8, 4) is 0 Å². The predicted molar refractivity (Wildman–Crippen MR) is 77.0 cm³/mol. The normalized spacial score (nSPS) is 10.2. The summed E-state index contributed by atoms with van der Waals surface area (Å²) >= 11 is 3.32. The van der Waals surface area contributed by atoms with Crippen LogP contribution in [0.2, 0.25) is 0 Å². The Kier molecular flexibility index (Phi) is 7.36. The van der Waals surface area contributed by atoms with E-state index in [0.717, 1.165) is 23.7 Å². The second kappa shape index (κ2) is 8.82. The Morgan fingerprint density at radius 3 is 2.42 bits per heavy atom. The number of carbonyl (C=O) groups excluding carboxylic acids is 2. The molecule has 0 saturated carbocycles. The number of rotatable bonds is 8. The van der Waals surface area contributed by atoms with Crippen LogP contribution in [0.4, 0.5) is 0 Å². The van der Waals surface area contributed by atoms with Crippen LogP contribution >= 0.6 is 15.9 Å². The molecule has 0 spiro atoms. The van der Waals surface area contributed by atoms with E-state index in [2.05, 4.69) is 21.2 Å². The van der Waals surface area contributed by atoms with Gasteiger partial charge >= 0.3 is 0 Å². The number of benzene rings is 1. The van der Waals surface area contributed by atoms with Gasteiger partial charge in [0.2, 0.25) is 0 Å². The molecule has 104 valence electrons. The number of aliphatic hydroxyl groups is 1. The number of hydrogen-bond donors (Lipinski definition) is 2. The minimum Gasteiger partial charge on any atom is -0.389 e. The zero-order chi connectivity index (χ0) is 14.1. The lowest BCUT2D eigenvalue weighted by molar-refractivity contribution is -0.121. The molecule has 0 atom stereocenters. The maximum absolute atomic E-state index is 11.7. The molecule has 0 radical (unpaired) electrons. The van der Waals surface area contributed by atoms with Crippen LogP contribution in [0.25, 0.3) is 0 Å². The number of amides is 1. The van der Waals surface area contributed by atoms with E-state index in [1.54, 1.807) is 12.1 Å². The van der Waals surface area contributed by atoms with Gasteiger partial charge in [0.05, 0.1) is 0 Å². The molecule has 0 aliphatic rings. The van der Waals surface area contributed by atoms with E-state index >= 15 is 0 Å². The minimum absolute atomic E-state index is 0.0843. The predicted octanol–water partition coefficient (Wildman–Crippen LogP) is 2.30. The molecule has 0 unspecified atom stereocenters. The Labute approximate surface area is 121 Å². The molecule has 1 aromatic carbocycles. The Morgan fingerprint density at radius 1 is 1.11 bits per heavy atom. The molecule has 0 heterocycles. The maximum atomic E-state index is 11.7. The lowest BCUT2D eigenvalue weighted by Gasteiger charge is -2.05. The smallest absolute Gasteiger partial charge is 0.251 e. The van der Waals surface area contributed by atoms with Crippen molar-refractivity contribution >= 4 is 27.6 Å². The number of nitrogens with one attached hydrogen (secondary N) is 1. The van der Waals surface area contributed by atoms with Gasteiger partial charge in [-0.25, -0.2) is 0 Å². The van der Waals surface area contributed by atoms with Crippen LogP contribution in [0.5, 0.6) is 0 Å². The summed E-state index contributed by atoms with van der Waals surface area (Å²) in [6.45, 7) is 0.225. The highest BCUT2D eigenvalue weighted by molar-refractivity contribution is 9.10. The fourth-order valence-electron chi connectivity index (χ4n) is 1.61. The molecular weight excluding hydrogens is 310 g/mol. The fraction of sp³-hybridized carbons (Fsp3) is 0.429. The average molecular weight is 328 g/mol. The van der Waals surface area contributed by atoms with Gasteiger partial charge in [0.15, 0.2) is 5.78 Å². The number of Topliss-reactive ketones (excluding diaryl/α,β-unsaturated/α-hetero) is 1. The summed E-state index contributed by atoms with van der Waals surface area (Å²) < 4.78 is 0.942. The van der Waals surface area contributed by atoms with E-state index in [9.17, 15) is 9.59 Å². The van der Waals surface area contributed by atoms with Crippen LogP contribution in [-0.4, -0.2) is 29.9 Å². The maximum Gasteiger partial charge on any atom is 0.251 e. The van der Waals surface area contributed by atoms with Gasteiger partial charge in [-0.2, -0.15) is 0 Å². The van der Waals surface area contributed by atoms with Crippen LogP contribution in [0.3, 0.4) is 0 Å². The van der Waals surface area contributed by atoms with E-state index in [-0.39, 0.29) is 18.3 Å². The quantitative estimate of drug-likeness (QED) is 0.720. The van der Waals surface area contributed by atoms with Gasteiger partial charge in [-0.3, -0.25) is 9.59 Å². The van der Waals surface area contributed by atoms with Crippen LogP contribution in [-0.2, 0) is 4.79 Å². The highest BCUT2D eigenvalue weighted by atomic mass is 79.9. The standard InChI is InChI=1S/C14H18BrNO3/c15-12-7-5-11(6-8-12)14(19)16-9-3-1-2-4-13(18)10-17/h5-8,17H,1-4,9-10H2,(H,16,19). The highest BCUT2D eigenvalue weighted by Gasteiger charge is 2.04. The van der Waals surface area contributed by atoms with Crippen LogP contribution in [0.15, 0.2) is 28.7 Å². The third-order valence-corrected chi connectivity index (χ3v) is 3.23. The summed E-state index contributed by atoms with van der Waals surface area (Å²) in [6.07, 6.45) is 2.87. The first-order chi connectivity index (χ1) is 9.13. The van der Waals surface area contributed by atoms with E-state index in [1.165, 1.54) is 0 Å². The molecule has 2 N–H and O–H groups in total. The van der Waals surface area contributed by atoms with E-state index < -0.39 is 0 Å². The zero-order valence-corrected chi connectivity index (χ0v) is 12.3. The number of unbranched alkanes of at least 4 members (excludes halogenated alkanes) is 2. The molecule has 4 nitrogen and oxygen atoms in total. The first kappa shape index (κ1) is 15.9. The average Bonchev–Trinajstić information content (AvgIpc) is 2.42. The summed E-state index contributed by atoms with van der Waals surface area (Å²) in [5, 5.41) is 11.4.